The zero-order chi connectivity index (χ0) is 20.3. The van der Waals surface area contributed by atoms with E-state index in [-0.39, 0.29) is 18.9 Å². The van der Waals surface area contributed by atoms with E-state index in [1.807, 2.05) is 32.0 Å². The lowest BCUT2D eigenvalue weighted by Gasteiger charge is -2.18. The number of para-hydroxylation sites is 1. The van der Waals surface area contributed by atoms with Gasteiger partial charge in [0.1, 0.15) is 5.75 Å². The van der Waals surface area contributed by atoms with Crippen molar-refractivity contribution in [1.82, 2.24) is 10.9 Å². The quantitative estimate of drug-likeness (QED) is 0.794. The summed E-state index contributed by atoms with van der Waals surface area (Å²) in [7, 11) is 1.47. The van der Waals surface area contributed by atoms with Gasteiger partial charge in [0, 0.05) is 18.7 Å². The maximum atomic E-state index is 12.4. The third kappa shape index (κ3) is 3.98. The van der Waals surface area contributed by atoms with Crippen molar-refractivity contribution >= 4 is 23.4 Å². The summed E-state index contributed by atoms with van der Waals surface area (Å²) in [5, 5.41) is 0. The van der Waals surface area contributed by atoms with Crippen LogP contribution in [0.2, 0.25) is 0 Å². The zero-order valence-corrected chi connectivity index (χ0v) is 16.1. The molecule has 28 heavy (non-hydrogen) atoms. The van der Waals surface area contributed by atoms with Crippen LogP contribution in [0, 0.1) is 19.8 Å². The molecule has 3 amide bonds. The molecular weight excluding hydrogens is 358 g/mol. The second-order valence-electron chi connectivity index (χ2n) is 6.82. The molecule has 0 radical (unpaired) electrons. The molecule has 0 aliphatic carbocycles. The number of ether oxygens (including phenoxy) is 1. The summed E-state index contributed by atoms with van der Waals surface area (Å²) in [4.78, 5) is 38.7. The molecule has 1 heterocycles. The number of methoxy groups -OCH3 is 1. The minimum Gasteiger partial charge on any atom is -0.496 e. The molecule has 0 spiro atoms. The number of nitrogens with one attached hydrogen (secondary N) is 2. The summed E-state index contributed by atoms with van der Waals surface area (Å²) in [5.41, 5.74) is 8.12. The van der Waals surface area contributed by atoms with Gasteiger partial charge < -0.3 is 9.64 Å². The van der Waals surface area contributed by atoms with Crippen LogP contribution in [0.3, 0.4) is 0 Å². The number of aryl methyl sites for hydroxylation is 2. The van der Waals surface area contributed by atoms with Gasteiger partial charge in [-0.15, -0.1) is 0 Å². The standard InChI is InChI=1S/C21H23N3O4/c1-13-8-9-16(10-14(13)2)24-12-15(11-19(24)25)20(26)22-23-21(27)17-6-4-5-7-18(17)28-3/h4-10,15H,11-12H2,1-3H3,(H,22,26)(H,23,27)/t15-/m1/s1. The Morgan fingerprint density at radius 3 is 2.54 bits per heavy atom. The Labute approximate surface area is 163 Å². The second-order valence-corrected chi connectivity index (χ2v) is 6.82. The molecule has 7 heteroatoms. The lowest BCUT2D eigenvalue weighted by molar-refractivity contribution is -0.126. The van der Waals surface area contributed by atoms with Crippen molar-refractivity contribution in [3.05, 3.63) is 59.2 Å². The average molecular weight is 381 g/mol. The van der Waals surface area contributed by atoms with Crippen LogP contribution in [0.15, 0.2) is 42.5 Å². The van der Waals surface area contributed by atoms with Crippen molar-refractivity contribution in [2.24, 2.45) is 5.92 Å². The number of rotatable bonds is 4. The molecule has 0 saturated carbocycles. The number of carbonyl (C=O) groups excluding carboxylic acids is 3. The summed E-state index contributed by atoms with van der Waals surface area (Å²) < 4.78 is 5.14. The predicted molar refractivity (Wildman–Crippen MR) is 105 cm³/mol. The summed E-state index contributed by atoms with van der Waals surface area (Å²) in [6.07, 6.45) is 0.100. The van der Waals surface area contributed by atoms with Crippen molar-refractivity contribution in [3.63, 3.8) is 0 Å². The summed E-state index contributed by atoms with van der Waals surface area (Å²) in [6, 6.07) is 12.5. The van der Waals surface area contributed by atoms with E-state index < -0.39 is 17.7 Å². The molecule has 1 atom stereocenters. The van der Waals surface area contributed by atoms with Gasteiger partial charge in [-0.2, -0.15) is 0 Å². The van der Waals surface area contributed by atoms with Crippen LogP contribution in [-0.2, 0) is 9.59 Å². The first kappa shape index (κ1) is 19.4. The van der Waals surface area contributed by atoms with Crippen LogP contribution in [0.1, 0.15) is 27.9 Å². The van der Waals surface area contributed by atoms with Gasteiger partial charge >= 0.3 is 0 Å². The van der Waals surface area contributed by atoms with Crippen LogP contribution in [0.4, 0.5) is 5.69 Å². The fourth-order valence-corrected chi connectivity index (χ4v) is 3.15. The molecule has 1 aliphatic heterocycles. The van der Waals surface area contributed by atoms with E-state index in [1.54, 1.807) is 29.2 Å². The lowest BCUT2D eigenvalue weighted by atomic mass is 10.1. The van der Waals surface area contributed by atoms with Crippen molar-refractivity contribution < 1.29 is 19.1 Å². The van der Waals surface area contributed by atoms with Crippen LogP contribution < -0.4 is 20.5 Å². The molecule has 0 aromatic heterocycles. The number of hydrogen-bond donors (Lipinski definition) is 2. The molecule has 146 valence electrons. The summed E-state index contributed by atoms with van der Waals surface area (Å²) in [5.74, 6) is -1.12. The fraction of sp³-hybridized carbons (Fsp3) is 0.286. The topological polar surface area (TPSA) is 87.7 Å². The van der Waals surface area contributed by atoms with E-state index in [0.717, 1.165) is 16.8 Å². The largest absolute Gasteiger partial charge is 0.496 e. The number of hydrogen-bond acceptors (Lipinski definition) is 4. The van der Waals surface area contributed by atoms with Crippen LogP contribution >= 0.6 is 0 Å². The van der Waals surface area contributed by atoms with Gasteiger partial charge in [-0.25, -0.2) is 0 Å². The van der Waals surface area contributed by atoms with Gasteiger partial charge in [0.2, 0.25) is 11.8 Å². The molecule has 1 fully saturated rings. The Morgan fingerprint density at radius 2 is 1.82 bits per heavy atom. The Bertz CT molecular complexity index is 926. The van der Waals surface area contributed by atoms with Crippen molar-refractivity contribution in [2.45, 2.75) is 20.3 Å². The molecule has 3 rings (SSSR count). The highest BCUT2D eigenvalue weighted by Crippen LogP contribution is 2.27. The molecule has 1 aliphatic rings. The number of amides is 3. The molecular formula is C21H23N3O4. The van der Waals surface area contributed by atoms with E-state index in [0.29, 0.717) is 11.3 Å². The van der Waals surface area contributed by atoms with Crippen molar-refractivity contribution in [1.29, 1.82) is 0 Å². The number of hydrazine groups is 1. The van der Waals surface area contributed by atoms with Crippen LogP contribution in [0.5, 0.6) is 5.75 Å². The highest BCUT2D eigenvalue weighted by molar-refractivity contribution is 6.01. The normalized spacial score (nSPS) is 16.0. The smallest absolute Gasteiger partial charge is 0.273 e. The Kier molecular flexibility index (Phi) is 5.63. The van der Waals surface area contributed by atoms with Gasteiger partial charge in [0.25, 0.3) is 5.91 Å². The first-order valence-electron chi connectivity index (χ1n) is 9.01. The third-order valence-electron chi connectivity index (χ3n) is 4.95. The van der Waals surface area contributed by atoms with Gasteiger partial charge in [-0.05, 0) is 49.2 Å². The van der Waals surface area contributed by atoms with Gasteiger partial charge in [-0.3, -0.25) is 25.2 Å². The third-order valence-corrected chi connectivity index (χ3v) is 4.95. The minimum absolute atomic E-state index is 0.100. The van der Waals surface area contributed by atoms with E-state index in [1.165, 1.54) is 7.11 Å². The molecule has 1 saturated heterocycles. The number of carbonyl (C=O) groups is 3. The Hall–Kier alpha value is -3.35. The first-order valence-corrected chi connectivity index (χ1v) is 9.01. The molecule has 2 aromatic carbocycles. The predicted octanol–water partition coefficient (Wildman–Crippen LogP) is 2.13. The van der Waals surface area contributed by atoms with E-state index >= 15 is 0 Å². The van der Waals surface area contributed by atoms with E-state index in [4.69, 9.17) is 4.74 Å². The summed E-state index contributed by atoms with van der Waals surface area (Å²) >= 11 is 0. The van der Waals surface area contributed by atoms with Gasteiger partial charge in [0.05, 0.1) is 18.6 Å². The van der Waals surface area contributed by atoms with E-state index in [9.17, 15) is 14.4 Å². The molecule has 2 N–H and O–H groups in total. The number of benzene rings is 2. The summed E-state index contributed by atoms with van der Waals surface area (Å²) in [6.45, 7) is 4.26. The Morgan fingerprint density at radius 1 is 1.07 bits per heavy atom. The monoisotopic (exact) mass is 381 g/mol. The zero-order valence-electron chi connectivity index (χ0n) is 16.1. The van der Waals surface area contributed by atoms with Crippen LogP contribution in [-0.4, -0.2) is 31.4 Å². The molecule has 0 bridgehead atoms. The highest BCUT2D eigenvalue weighted by atomic mass is 16.5. The molecule has 2 aromatic rings. The Balaban J connectivity index is 1.61. The number of anilines is 1. The molecule has 0 unspecified atom stereocenters. The minimum atomic E-state index is -0.535. The van der Waals surface area contributed by atoms with Gasteiger partial charge in [0.15, 0.2) is 0 Å². The average Bonchev–Trinajstić information content (AvgIpc) is 3.09. The maximum absolute atomic E-state index is 12.4. The van der Waals surface area contributed by atoms with Gasteiger partial charge in [-0.1, -0.05) is 18.2 Å². The maximum Gasteiger partial charge on any atom is 0.273 e. The molecule has 7 nitrogen and oxygen atoms in total. The van der Waals surface area contributed by atoms with Crippen molar-refractivity contribution in [3.8, 4) is 5.75 Å². The van der Waals surface area contributed by atoms with E-state index in [2.05, 4.69) is 10.9 Å². The van der Waals surface area contributed by atoms with Crippen LogP contribution in [0.25, 0.3) is 0 Å². The number of nitrogens with zero attached hydrogens (tertiary/aromatic N) is 1. The SMILES string of the molecule is COc1ccccc1C(=O)NNC(=O)[C@@H]1CC(=O)N(c2ccc(C)c(C)c2)C1. The van der Waals surface area contributed by atoms with Crippen molar-refractivity contribution in [2.75, 3.05) is 18.6 Å². The highest BCUT2D eigenvalue weighted by Gasteiger charge is 2.35. The second kappa shape index (κ2) is 8.12. The lowest BCUT2D eigenvalue weighted by Crippen LogP contribution is -2.45. The fourth-order valence-electron chi connectivity index (χ4n) is 3.15. The first-order chi connectivity index (χ1) is 13.4.